The van der Waals surface area contributed by atoms with Gasteiger partial charge in [-0.1, -0.05) is 42.0 Å². The van der Waals surface area contributed by atoms with Crippen LogP contribution in [0.25, 0.3) is 0 Å². The number of hydrogen-bond donors (Lipinski definition) is 2. The highest BCUT2D eigenvalue weighted by Crippen LogP contribution is 2.19. The fourth-order valence-electron chi connectivity index (χ4n) is 3.19. The quantitative estimate of drug-likeness (QED) is 0.161. The van der Waals surface area contributed by atoms with Gasteiger partial charge in [-0.15, -0.1) is 24.0 Å². The molecule has 0 bridgehead atoms. The number of hydrogen-bond acceptors (Lipinski definition) is 3. The molecule has 1 aliphatic rings. The fourth-order valence-corrected chi connectivity index (χ4v) is 4.60. The number of nitrogens with zero attached hydrogens (tertiary/aromatic N) is 1. The van der Waals surface area contributed by atoms with Crippen LogP contribution in [0.15, 0.2) is 47.0 Å². The van der Waals surface area contributed by atoms with Crippen molar-refractivity contribution in [3.63, 3.8) is 0 Å². The number of nitrogens with one attached hydrogen (secondary N) is 2. The molecule has 158 valence electrons. The zero-order valence-corrected chi connectivity index (χ0v) is 20.0. The van der Waals surface area contributed by atoms with E-state index in [-0.39, 0.29) is 35.5 Å². The average Bonchev–Trinajstić information content (AvgIpc) is 2.66. The molecule has 7 heteroatoms. The molecule has 1 aliphatic carbocycles. The molecule has 0 unspecified atom stereocenters. The Balaban J connectivity index is 0.00000392. The molecule has 0 amide bonds. The van der Waals surface area contributed by atoms with Crippen molar-refractivity contribution in [3.8, 4) is 0 Å². The summed E-state index contributed by atoms with van der Waals surface area (Å²) in [4.78, 5) is 4.52. The van der Waals surface area contributed by atoms with E-state index in [0.717, 1.165) is 31.0 Å². The molecule has 0 fully saturated rings. The zero-order chi connectivity index (χ0) is 19.4. The van der Waals surface area contributed by atoms with Crippen LogP contribution in [0.5, 0.6) is 0 Å². The first-order chi connectivity index (χ1) is 13.1. The molecule has 0 radical (unpaired) electrons. The van der Waals surface area contributed by atoms with Gasteiger partial charge >= 0.3 is 0 Å². The minimum Gasteiger partial charge on any atom is -0.357 e. The van der Waals surface area contributed by atoms with Crippen LogP contribution >= 0.6 is 24.0 Å². The van der Waals surface area contributed by atoms with Crippen molar-refractivity contribution in [3.05, 3.63) is 47.5 Å². The van der Waals surface area contributed by atoms with E-state index in [4.69, 9.17) is 0 Å². The van der Waals surface area contributed by atoms with E-state index in [2.05, 4.69) is 21.7 Å². The molecule has 2 N–H and O–H groups in total. The molecule has 0 spiro atoms. The lowest BCUT2D eigenvalue weighted by Gasteiger charge is -2.15. The van der Waals surface area contributed by atoms with Crippen LogP contribution in [0.1, 0.15) is 51.0 Å². The Morgan fingerprint density at radius 2 is 1.93 bits per heavy atom. The number of benzene rings is 1. The molecule has 0 saturated heterocycles. The highest BCUT2D eigenvalue weighted by molar-refractivity contribution is 14.0. The summed E-state index contributed by atoms with van der Waals surface area (Å²) >= 11 is 0. The second-order valence-electron chi connectivity index (χ2n) is 6.98. The van der Waals surface area contributed by atoms with Gasteiger partial charge < -0.3 is 10.6 Å². The first-order valence-corrected chi connectivity index (χ1v) is 11.9. The second kappa shape index (κ2) is 14.0. The van der Waals surface area contributed by atoms with Gasteiger partial charge in [0.1, 0.15) is 0 Å². The van der Waals surface area contributed by atoms with E-state index >= 15 is 0 Å². The summed E-state index contributed by atoms with van der Waals surface area (Å²) in [5.41, 5.74) is 2.38. The van der Waals surface area contributed by atoms with Crippen LogP contribution in [0.4, 0.5) is 0 Å². The van der Waals surface area contributed by atoms with Crippen molar-refractivity contribution in [2.45, 2.75) is 51.2 Å². The Morgan fingerprint density at radius 1 is 1.14 bits per heavy atom. The van der Waals surface area contributed by atoms with Crippen molar-refractivity contribution >= 4 is 39.8 Å². The van der Waals surface area contributed by atoms with Crippen LogP contribution in [0.2, 0.25) is 0 Å². The van der Waals surface area contributed by atoms with Crippen molar-refractivity contribution < 1.29 is 8.42 Å². The number of aliphatic imine (C=N–C) groups is 1. The van der Waals surface area contributed by atoms with Crippen LogP contribution in [-0.2, 0) is 15.6 Å². The smallest absolute Gasteiger partial charge is 0.191 e. The van der Waals surface area contributed by atoms with E-state index in [1.807, 2.05) is 37.3 Å². The number of guanidine groups is 1. The molecule has 0 aliphatic heterocycles. The molecule has 5 nitrogen and oxygen atoms in total. The lowest BCUT2D eigenvalue weighted by Crippen LogP contribution is -2.38. The van der Waals surface area contributed by atoms with Gasteiger partial charge in [-0.3, -0.25) is 4.99 Å². The van der Waals surface area contributed by atoms with Crippen molar-refractivity contribution in [1.29, 1.82) is 0 Å². The summed E-state index contributed by atoms with van der Waals surface area (Å²) in [7, 11) is -3.09. The fraction of sp³-hybridized carbons (Fsp3) is 0.571. The molecule has 0 atom stereocenters. The topological polar surface area (TPSA) is 70.6 Å². The summed E-state index contributed by atoms with van der Waals surface area (Å²) < 4.78 is 24.5. The molecular formula is C21H34IN3O2S. The van der Waals surface area contributed by atoms with Gasteiger partial charge in [0.15, 0.2) is 15.8 Å². The summed E-state index contributed by atoms with van der Waals surface area (Å²) in [6, 6.07) is 9.33. The Labute approximate surface area is 187 Å². The van der Waals surface area contributed by atoms with Gasteiger partial charge in [0.05, 0.1) is 11.5 Å². The SMILES string of the molecule is CCNC(=NCCCS(=O)(=O)Cc1ccccc1)NCCC1=CCCCC1.I. The van der Waals surface area contributed by atoms with Crippen LogP contribution in [0, 0.1) is 0 Å². The Morgan fingerprint density at radius 3 is 2.61 bits per heavy atom. The highest BCUT2D eigenvalue weighted by atomic mass is 127. The van der Waals surface area contributed by atoms with E-state index < -0.39 is 9.84 Å². The molecule has 28 heavy (non-hydrogen) atoms. The van der Waals surface area contributed by atoms with Crippen molar-refractivity contribution in [2.24, 2.45) is 4.99 Å². The largest absolute Gasteiger partial charge is 0.357 e. The Kier molecular flexibility index (Phi) is 12.5. The van der Waals surface area contributed by atoms with E-state index in [9.17, 15) is 8.42 Å². The Bertz CT molecular complexity index is 718. The molecule has 2 rings (SSSR count). The Hall–Kier alpha value is -1.09. The van der Waals surface area contributed by atoms with E-state index in [1.165, 1.54) is 31.3 Å². The second-order valence-corrected chi connectivity index (χ2v) is 9.16. The van der Waals surface area contributed by atoms with Gasteiger partial charge in [0.2, 0.25) is 0 Å². The minimum atomic E-state index is -3.09. The minimum absolute atomic E-state index is 0. The predicted molar refractivity (Wildman–Crippen MR) is 129 cm³/mol. The van der Waals surface area contributed by atoms with Gasteiger partial charge in [-0.25, -0.2) is 8.42 Å². The number of halogens is 1. The van der Waals surface area contributed by atoms with Crippen LogP contribution < -0.4 is 10.6 Å². The number of allylic oxidation sites excluding steroid dienone is 1. The zero-order valence-electron chi connectivity index (χ0n) is 16.8. The third-order valence-electron chi connectivity index (χ3n) is 4.58. The standard InChI is InChI=1S/C21H33N3O2S.HI/c1-2-22-21(24-16-14-19-10-5-3-6-11-19)23-15-9-17-27(25,26)18-20-12-7-4-8-13-20;/h4,7-8,10,12-13H,2-3,5-6,9,11,14-18H2,1H3,(H2,22,23,24);1H. The molecule has 0 saturated carbocycles. The molecule has 0 heterocycles. The number of sulfone groups is 1. The normalized spacial score (nSPS) is 14.8. The molecular weight excluding hydrogens is 485 g/mol. The lowest BCUT2D eigenvalue weighted by atomic mass is 9.97. The highest BCUT2D eigenvalue weighted by Gasteiger charge is 2.11. The predicted octanol–water partition coefficient (Wildman–Crippen LogP) is 4.06. The van der Waals surface area contributed by atoms with Crippen LogP contribution in [0.3, 0.4) is 0 Å². The number of rotatable bonds is 10. The lowest BCUT2D eigenvalue weighted by molar-refractivity contribution is 0.592. The van der Waals surface area contributed by atoms with Gasteiger partial charge in [0.25, 0.3) is 0 Å². The maximum atomic E-state index is 12.2. The average molecular weight is 519 g/mol. The third kappa shape index (κ3) is 10.5. The molecule has 0 aromatic heterocycles. The van der Waals surface area contributed by atoms with Gasteiger partial charge in [-0.05, 0) is 51.0 Å². The van der Waals surface area contributed by atoms with E-state index in [1.54, 1.807) is 0 Å². The molecule has 1 aromatic rings. The summed E-state index contributed by atoms with van der Waals surface area (Å²) in [5, 5.41) is 6.58. The third-order valence-corrected chi connectivity index (χ3v) is 6.26. The first kappa shape index (κ1) is 24.9. The van der Waals surface area contributed by atoms with Crippen molar-refractivity contribution in [1.82, 2.24) is 10.6 Å². The van der Waals surface area contributed by atoms with Crippen molar-refractivity contribution in [2.75, 3.05) is 25.4 Å². The first-order valence-electron chi connectivity index (χ1n) is 10.0. The summed E-state index contributed by atoms with van der Waals surface area (Å²) in [6.45, 7) is 4.20. The van der Waals surface area contributed by atoms with E-state index in [0.29, 0.717) is 13.0 Å². The summed E-state index contributed by atoms with van der Waals surface area (Å²) in [6.07, 6.45) is 9.00. The maximum absolute atomic E-state index is 12.2. The van der Waals surface area contributed by atoms with Crippen LogP contribution in [-0.4, -0.2) is 39.8 Å². The monoisotopic (exact) mass is 519 g/mol. The maximum Gasteiger partial charge on any atom is 0.191 e. The molecule has 1 aromatic carbocycles. The van der Waals surface area contributed by atoms with Gasteiger partial charge in [-0.2, -0.15) is 0 Å². The van der Waals surface area contributed by atoms with Gasteiger partial charge in [0, 0.05) is 19.6 Å². The summed E-state index contributed by atoms with van der Waals surface area (Å²) in [5.74, 6) is 1.04.